The van der Waals surface area contributed by atoms with Crippen molar-refractivity contribution >= 4 is 11.5 Å². The maximum absolute atomic E-state index is 4.40. The third-order valence-corrected chi connectivity index (χ3v) is 2.60. The fourth-order valence-electron chi connectivity index (χ4n) is 0.833. The van der Waals surface area contributed by atoms with Gasteiger partial charge in [0.05, 0.1) is 5.69 Å². The molecule has 0 amide bonds. The van der Waals surface area contributed by atoms with Gasteiger partial charge in [0.25, 0.3) is 0 Å². The van der Waals surface area contributed by atoms with Gasteiger partial charge in [0.2, 0.25) is 0 Å². The molecule has 0 aromatic carbocycles. The predicted molar refractivity (Wildman–Crippen MR) is 50.2 cm³/mol. The van der Waals surface area contributed by atoms with Crippen LogP contribution in [0.1, 0.15) is 38.3 Å². The lowest BCUT2D eigenvalue weighted by Crippen LogP contribution is -2.10. The third kappa shape index (κ3) is 2.03. The van der Waals surface area contributed by atoms with Crippen LogP contribution in [0.25, 0.3) is 0 Å². The van der Waals surface area contributed by atoms with Crippen molar-refractivity contribution in [2.24, 2.45) is 0 Å². The number of hydrogen-bond donors (Lipinski definition) is 0. The lowest BCUT2D eigenvalue weighted by Gasteiger charge is -2.13. The Morgan fingerprint density at radius 3 is 2.36 bits per heavy atom. The molecule has 1 heterocycles. The van der Waals surface area contributed by atoms with Crippen molar-refractivity contribution in [1.29, 1.82) is 0 Å². The van der Waals surface area contributed by atoms with Gasteiger partial charge in [-0.2, -0.15) is 4.37 Å². The molecule has 1 aromatic rings. The third-order valence-electron chi connectivity index (χ3n) is 1.68. The Morgan fingerprint density at radius 2 is 2.09 bits per heavy atom. The van der Waals surface area contributed by atoms with Gasteiger partial charge in [-0.15, -0.1) is 0 Å². The van der Waals surface area contributed by atoms with Gasteiger partial charge in [-0.1, -0.05) is 27.7 Å². The Morgan fingerprint density at radius 1 is 1.45 bits per heavy atom. The summed E-state index contributed by atoms with van der Waals surface area (Å²) in [6.45, 7) is 8.75. The molecule has 0 saturated carbocycles. The zero-order valence-corrected chi connectivity index (χ0v) is 8.46. The minimum atomic E-state index is 0.212. The summed E-state index contributed by atoms with van der Waals surface area (Å²) in [5.74, 6) is 0. The normalized spacial score (nSPS) is 12.0. The molecule has 62 valence electrons. The highest BCUT2D eigenvalue weighted by molar-refractivity contribution is 7.05. The van der Waals surface area contributed by atoms with Crippen LogP contribution in [-0.4, -0.2) is 4.37 Å². The molecule has 0 aliphatic carbocycles. The summed E-state index contributed by atoms with van der Waals surface area (Å²) in [6, 6.07) is 2.21. The zero-order valence-electron chi connectivity index (χ0n) is 7.64. The molecule has 0 aliphatic rings. The smallest absolute Gasteiger partial charge is 0.0598 e. The monoisotopic (exact) mass is 169 g/mol. The van der Waals surface area contributed by atoms with Gasteiger partial charge in [0.1, 0.15) is 0 Å². The van der Waals surface area contributed by atoms with Crippen molar-refractivity contribution in [3.8, 4) is 0 Å². The van der Waals surface area contributed by atoms with E-state index in [4.69, 9.17) is 0 Å². The highest BCUT2D eigenvalue weighted by Crippen LogP contribution is 2.23. The van der Waals surface area contributed by atoms with E-state index in [2.05, 4.69) is 38.1 Å². The lowest BCUT2D eigenvalue weighted by molar-refractivity contribution is 0.575. The van der Waals surface area contributed by atoms with Crippen molar-refractivity contribution in [1.82, 2.24) is 4.37 Å². The predicted octanol–water partition coefficient (Wildman–Crippen LogP) is 3.00. The van der Waals surface area contributed by atoms with Gasteiger partial charge < -0.3 is 0 Å². The van der Waals surface area contributed by atoms with E-state index in [9.17, 15) is 0 Å². The molecule has 0 spiro atoms. The second-order valence-electron chi connectivity index (χ2n) is 3.78. The standard InChI is InChI=1S/C9H15NS/c1-5-7-6-8(10-11-7)9(2,3)4/h6H,5H2,1-4H3. The fourth-order valence-corrected chi connectivity index (χ4v) is 1.67. The molecule has 11 heavy (non-hydrogen) atoms. The van der Waals surface area contributed by atoms with E-state index in [1.54, 1.807) is 11.5 Å². The molecule has 0 unspecified atom stereocenters. The van der Waals surface area contributed by atoms with Crippen molar-refractivity contribution in [2.75, 3.05) is 0 Å². The first-order valence-corrected chi connectivity index (χ1v) is 4.77. The molecule has 0 saturated heterocycles. The number of aromatic nitrogens is 1. The van der Waals surface area contributed by atoms with Crippen LogP contribution >= 0.6 is 11.5 Å². The van der Waals surface area contributed by atoms with Crippen molar-refractivity contribution in [2.45, 2.75) is 39.5 Å². The van der Waals surface area contributed by atoms with Crippen LogP contribution in [0.4, 0.5) is 0 Å². The minimum Gasteiger partial charge on any atom is -0.197 e. The van der Waals surface area contributed by atoms with Gasteiger partial charge in [-0.3, -0.25) is 0 Å². The molecule has 0 fully saturated rings. The van der Waals surface area contributed by atoms with Gasteiger partial charge in [-0.25, -0.2) is 0 Å². The minimum absolute atomic E-state index is 0.212. The summed E-state index contributed by atoms with van der Waals surface area (Å²) < 4.78 is 4.40. The molecule has 2 heteroatoms. The van der Waals surface area contributed by atoms with E-state index >= 15 is 0 Å². The number of hydrogen-bond acceptors (Lipinski definition) is 2. The average molecular weight is 169 g/mol. The van der Waals surface area contributed by atoms with Crippen LogP contribution in [0.2, 0.25) is 0 Å². The molecule has 0 aliphatic heterocycles. The van der Waals surface area contributed by atoms with Crippen LogP contribution in [0.15, 0.2) is 6.07 Å². The largest absolute Gasteiger partial charge is 0.197 e. The Kier molecular flexibility index (Phi) is 2.33. The summed E-state index contributed by atoms with van der Waals surface area (Å²) in [7, 11) is 0. The Bertz CT molecular complexity index is 232. The highest BCUT2D eigenvalue weighted by Gasteiger charge is 2.16. The van der Waals surface area contributed by atoms with Gasteiger partial charge in [0, 0.05) is 10.3 Å². The topological polar surface area (TPSA) is 12.9 Å². The maximum atomic E-state index is 4.40. The highest BCUT2D eigenvalue weighted by atomic mass is 32.1. The van der Waals surface area contributed by atoms with E-state index in [-0.39, 0.29) is 5.41 Å². The van der Waals surface area contributed by atoms with Crippen molar-refractivity contribution in [3.63, 3.8) is 0 Å². The van der Waals surface area contributed by atoms with Crippen LogP contribution in [0.3, 0.4) is 0 Å². The number of nitrogens with zero attached hydrogens (tertiary/aromatic N) is 1. The molecule has 1 rings (SSSR count). The van der Waals surface area contributed by atoms with E-state index < -0.39 is 0 Å². The van der Waals surface area contributed by atoms with Gasteiger partial charge >= 0.3 is 0 Å². The Hall–Kier alpha value is -0.370. The first-order valence-electron chi connectivity index (χ1n) is 4.00. The van der Waals surface area contributed by atoms with Crippen LogP contribution in [0.5, 0.6) is 0 Å². The van der Waals surface area contributed by atoms with E-state index in [1.807, 2.05) is 0 Å². The first kappa shape index (κ1) is 8.72. The van der Waals surface area contributed by atoms with Crippen LogP contribution in [-0.2, 0) is 11.8 Å². The van der Waals surface area contributed by atoms with Crippen molar-refractivity contribution < 1.29 is 0 Å². The first-order chi connectivity index (χ1) is 5.04. The summed E-state index contributed by atoms with van der Waals surface area (Å²) in [5, 5.41) is 0. The van der Waals surface area contributed by atoms with Gasteiger partial charge in [0.15, 0.2) is 0 Å². The van der Waals surface area contributed by atoms with E-state index in [0.29, 0.717) is 0 Å². The van der Waals surface area contributed by atoms with Gasteiger partial charge in [-0.05, 0) is 24.0 Å². The summed E-state index contributed by atoms with van der Waals surface area (Å²) in [5.41, 5.74) is 1.43. The Balaban J connectivity index is 2.89. The average Bonchev–Trinajstić information content (AvgIpc) is 2.32. The summed E-state index contributed by atoms with van der Waals surface area (Å²) in [6.07, 6.45) is 1.10. The molecule has 1 aromatic heterocycles. The Labute approximate surface area is 72.6 Å². The second kappa shape index (κ2) is 2.94. The zero-order chi connectivity index (χ0) is 8.48. The quantitative estimate of drug-likeness (QED) is 0.629. The molecule has 0 atom stereocenters. The maximum Gasteiger partial charge on any atom is 0.0598 e. The summed E-state index contributed by atoms with van der Waals surface area (Å²) >= 11 is 1.63. The summed E-state index contributed by atoms with van der Waals surface area (Å²) in [4.78, 5) is 1.38. The molecule has 1 nitrogen and oxygen atoms in total. The SMILES string of the molecule is CCc1cc(C(C)(C)C)ns1. The molecular weight excluding hydrogens is 154 g/mol. The van der Waals surface area contributed by atoms with Crippen LogP contribution in [0, 0.1) is 0 Å². The molecule has 0 bridgehead atoms. The van der Waals surface area contributed by atoms with Crippen LogP contribution < -0.4 is 0 Å². The van der Waals surface area contributed by atoms with E-state index in [1.165, 1.54) is 10.6 Å². The fraction of sp³-hybridized carbons (Fsp3) is 0.667. The van der Waals surface area contributed by atoms with E-state index in [0.717, 1.165) is 6.42 Å². The number of aryl methyl sites for hydroxylation is 1. The molecular formula is C9H15NS. The number of rotatable bonds is 1. The lowest BCUT2D eigenvalue weighted by atomic mass is 9.92. The van der Waals surface area contributed by atoms with Crippen molar-refractivity contribution in [3.05, 3.63) is 16.6 Å². The molecule has 0 radical (unpaired) electrons. The second-order valence-corrected chi connectivity index (χ2v) is 4.67. The molecule has 0 N–H and O–H groups in total.